The van der Waals surface area contributed by atoms with Crippen molar-refractivity contribution in [2.24, 2.45) is 0 Å². The predicted molar refractivity (Wildman–Crippen MR) is 113 cm³/mol. The summed E-state index contributed by atoms with van der Waals surface area (Å²) >= 11 is 12.7. The molecule has 2 N–H and O–H groups in total. The van der Waals surface area contributed by atoms with Gasteiger partial charge in [0.2, 0.25) is 0 Å². The van der Waals surface area contributed by atoms with Crippen LogP contribution in [0.4, 0.5) is 0 Å². The van der Waals surface area contributed by atoms with Crippen molar-refractivity contribution < 1.29 is 9.53 Å². The molecule has 1 amide bonds. The molecule has 0 unspecified atom stereocenters. The zero-order chi connectivity index (χ0) is 19.8. The number of fused-ring (bicyclic) bond motifs is 3. The van der Waals surface area contributed by atoms with Crippen molar-refractivity contribution >= 4 is 57.6 Å². The number of methoxy groups -OCH3 is 1. The lowest BCUT2D eigenvalue weighted by molar-refractivity contribution is 0.0956. The summed E-state index contributed by atoms with van der Waals surface area (Å²) in [5.41, 5.74) is 1.52. The maximum absolute atomic E-state index is 12.8. The molecular formula is C19H14ClN3O3S2. The standard InChI is InChI=1S/C19H14ClN3O3S2/c1-26-12-4-2-3-10(7-12)9-21-18(25)15-16-22-17(24)13-6-5-11(20)8-14(13)23(16)19(27)28-15/h2-8H,9H2,1H3,(H,21,25)(H,22,24). The third kappa shape index (κ3) is 3.30. The van der Waals surface area contributed by atoms with Gasteiger partial charge in [-0.25, -0.2) is 0 Å². The predicted octanol–water partition coefficient (Wildman–Crippen LogP) is 4.16. The van der Waals surface area contributed by atoms with E-state index in [1.807, 2.05) is 24.3 Å². The van der Waals surface area contributed by atoms with Crippen LogP contribution in [0.15, 0.2) is 47.3 Å². The number of H-pyrrole nitrogens is 1. The molecule has 2 aromatic heterocycles. The van der Waals surface area contributed by atoms with Gasteiger partial charge in [-0.2, -0.15) is 0 Å². The number of carbonyl (C=O) groups is 1. The average Bonchev–Trinajstić information content (AvgIpc) is 3.02. The van der Waals surface area contributed by atoms with Crippen LogP contribution in [0, 0.1) is 3.95 Å². The van der Waals surface area contributed by atoms with E-state index in [-0.39, 0.29) is 11.5 Å². The molecule has 0 saturated carbocycles. The minimum Gasteiger partial charge on any atom is -0.497 e. The van der Waals surface area contributed by atoms with E-state index in [1.54, 1.807) is 29.7 Å². The molecule has 0 spiro atoms. The Morgan fingerprint density at radius 3 is 2.93 bits per heavy atom. The average molecular weight is 432 g/mol. The van der Waals surface area contributed by atoms with Gasteiger partial charge in [0.05, 0.1) is 18.0 Å². The Bertz CT molecular complexity index is 1340. The highest BCUT2D eigenvalue weighted by Gasteiger charge is 2.18. The van der Waals surface area contributed by atoms with Crippen LogP contribution in [0.1, 0.15) is 15.2 Å². The number of halogens is 1. The van der Waals surface area contributed by atoms with Crippen molar-refractivity contribution in [3.05, 3.63) is 72.2 Å². The Hall–Kier alpha value is -2.68. The lowest BCUT2D eigenvalue weighted by atomic mass is 10.2. The molecule has 0 bridgehead atoms. The summed E-state index contributed by atoms with van der Waals surface area (Å²) in [5.74, 6) is 0.392. The molecule has 0 aliphatic rings. The van der Waals surface area contributed by atoms with Crippen molar-refractivity contribution in [3.8, 4) is 5.75 Å². The molecule has 4 rings (SSSR count). The van der Waals surface area contributed by atoms with E-state index in [4.69, 9.17) is 28.6 Å². The minimum absolute atomic E-state index is 0.304. The third-order valence-electron chi connectivity index (χ3n) is 4.28. The summed E-state index contributed by atoms with van der Waals surface area (Å²) in [6.07, 6.45) is 0. The lowest BCUT2D eigenvalue weighted by Gasteiger charge is -2.07. The molecular weight excluding hydrogens is 418 g/mol. The maximum atomic E-state index is 12.8. The Kier molecular flexibility index (Phi) is 4.92. The van der Waals surface area contributed by atoms with E-state index >= 15 is 0 Å². The van der Waals surface area contributed by atoms with Gasteiger partial charge >= 0.3 is 0 Å². The number of amides is 1. The Morgan fingerprint density at radius 2 is 2.14 bits per heavy atom. The van der Waals surface area contributed by atoms with Crippen LogP contribution in [0.25, 0.3) is 16.6 Å². The number of nitrogens with one attached hydrogen (secondary N) is 2. The molecule has 0 aliphatic carbocycles. The van der Waals surface area contributed by atoms with E-state index < -0.39 is 0 Å². The first-order chi connectivity index (χ1) is 13.5. The highest BCUT2D eigenvalue weighted by Crippen LogP contribution is 2.24. The molecule has 4 aromatic rings. The number of hydrogen-bond donors (Lipinski definition) is 2. The second-order valence-electron chi connectivity index (χ2n) is 6.03. The van der Waals surface area contributed by atoms with Crippen LogP contribution in [-0.2, 0) is 6.54 Å². The number of thiazole rings is 1. The topological polar surface area (TPSA) is 75.6 Å². The number of benzene rings is 2. The zero-order valence-corrected chi connectivity index (χ0v) is 17.0. The van der Waals surface area contributed by atoms with Gasteiger partial charge in [-0.15, -0.1) is 0 Å². The van der Waals surface area contributed by atoms with E-state index in [1.165, 1.54) is 0 Å². The van der Waals surface area contributed by atoms with Crippen molar-refractivity contribution in [3.63, 3.8) is 0 Å². The summed E-state index contributed by atoms with van der Waals surface area (Å²) in [4.78, 5) is 28.3. The SMILES string of the molecule is COc1cccc(CNC(=O)c2sc(=S)n3c2[nH]c(=O)c2ccc(Cl)cc23)c1. The fraction of sp³-hybridized carbons (Fsp3) is 0.105. The molecule has 142 valence electrons. The number of aromatic amines is 1. The van der Waals surface area contributed by atoms with Crippen LogP contribution in [0.5, 0.6) is 5.75 Å². The van der Waals surface area contributed by atoms with E-state index in [9.17, 15) is 9.59 Å². The summed E-state index contributed by atoms with van der Waals surface area (Å²) in [5, 5.41) is 3.79. The minimum atomic E-state index is -0.321. The van der Waals surface area contributed by atoms with Gasteiger partial charge in [-0.1, -0.05) is 35.1 Å². The molecule has 0 fully saturated rings. The number of hydrogen-bond acceptors (Lipinski definition) is 5. The third-order valence-corrected chi connectivity index (χ3v) is 5.89. The molecule has 9 heteroatoms. The molecule has 0 aliphatic heterocycles. The normalized spacial score (nSPS) is 11.1. The van der Waals surface area contributed by atoms with Crippen molar-refractivity contribution in [1.29, 1.82) is 0 Å². The van der Waals surface area contributed by atoms with Crippen molar-refractivity contribution in [2.45, 2.75) is 6.54 Å². The molecule has 0 saturated heterocycles. The molecule has 2 heterocycles. The maximum Gasteiger partial charge on any atom is 0.265 e. The summed E-state index contributed by atoms with van der Waals surface area (Å²) in [7, 11) is 1.59. The number of carbonyl (C=O) groups excluding carboxylic acids is 1. The fourth-order valence-electron chi connectivity index (χ4n) is 2.96. The number of nitrogens with zero attached hydrogens (tertiary/aromatic N) is 1. The van der Waals surface area contributed by atoms with E-state index in [0.29, 0.717) is 42.7 Å². The van der Waals surface area contributed by atoms with Crippen LogP contribution in [-0.4, -0.2) is 22.4 Å². The second-order valence-corrected chi connectivity index (χ2v) is 8.11. The first-order valence-corrected chi connectivity index (χ1v) is 9.86. The largest absolute Gasteiger partial charge is 0.497 e. The molecule has 2 aromatic carbocycles. The Balaban J connectivity index is 1.74. The molecule has 0 atom stereocenters. The van der Waals surface area contributed by atoms with Crippen LogP contribution in [0.2, 0.25) is 5.02 Å². The molecule has 6 nitrogen and oxygen atoms in total. The van der Waals surface area contributed by atoms with Gasteiger partial charge in [-0.05, 0) is 48.1 Å². The van der Waals surface area contributed by atoms with Gasteiger partial charge in [0, 0.05) is 11.6 Å². The van der Waals surface area contributed by atoms with Crippen LogP contribution < -0.4 is 15.6 Å². The Labute approximate surface area is 173 Å². The monoisotopic (exact) mass is 431 g/mol. The number of aromatic nitrogens is 2. The summed E-state index contributed by atoms with van der Waals surface area (Å²) < 4.78 is 7.31. The number of ether oxygens (including phenoxy) is 1. The van der Waals surface area contributed by atoms with E-state index in [2.05, 4.69) is 10.3 Å². The summed E-state index contributed by atoms with van der Waals surface area (Å²) in [6, 6.07) is 12.4. The van der Waals surface area contributed by atoms with Gasteiger partial charge in [0.1, 0.15) is 16.3 Å². The summed E-state index contributed by atoms with van der Waals surface area (Å²) in [6.45, 7) is 0.316. The van der Waals surface area contributed by atoms with E-state index in [0.717, 1.165) is 16.9 Å². The van der Waals surface area contributed by atoms with Crippen LogP contribution in [0.3, 0.4) is 0 Å². The fourth-order valence-corrected chi connectivity index (χ4v) is 4.43. The first kappa shape index (κ1) is 18.7. The highest BCUT2D eigenvalue weighted by molar-refractivity contribution is 7.73. The first-order valence-electron chi connectivity index (χ1n) is 8.26. The van der Waals surface area contributed by atoms with Crippen molar-refractivity contribution in [2.75, 3.05) is 7.11 Å². The van der Waals surface area contributed by atoms with Gasteiger partial charge in [0.25, 0.3) is 11.5 Å². The van der Waals surface area contributed by atoms with Crippen LogP contribution >= 0.6 is 35.2 Å². The van der Waals surface area contributed by atoms with Crippen molar-refractivity contribution in [1.82, 2.24) is 14.7 Å². The second kappa shape index (κ2) is 7.38. The highest BCUT2D eigenvalue weighted by atomic mass is 35.5. The lowest BCUT2D eigenvalue weighted by Crippen LogP contribution is -2.23. The van der Waals surface area contributed by atoms with Gasteiger partial charge in [0.15, 0.2) is 3.95 Å². The van der Waals surface area contributed by atoms with Gasteiger partial charge < -0.3 is 15.0 Å². The number of rotatable bonds is 4. The quantitative estimate of drug-likeness (QED) is 0.476. The molecule has 0 radical (unpaired) electrons. The zero-order valence-electron chi connectivity index (χ0n) is 14.6. The van der Waals surface area contributed by atoms with Gasteiger partial charge in [-0.3, -0.25) is 14.0 Å². The Morgan fingerprint density at radius 1 is 1.32 bits per heavy atom. The smallest absolute Gasteiger partial charge is 0.265 e. The molecule has 28 heavy (non-hydrogen) atoms.